The minimum atomic E-state index is -0.465. The molecule has 1 amide bonds. The molecule has 2 aliphatic rings. The monoisotopic (exact) mass is 264 g/mol. The maximum atomic E-state index is 11.4. The first-order valence-electron chi connectivity index (χ1n) is 6.10. The maximum absolute atomic E-state index is 11.4. The minimum absolute atomic E-state index is 0.158. The van der Waals surface area contributed by atoms with Gasteiger partial charge in [0.15, 0.2) is 0 Å². The molecule has 2 radical (unpaired) electrons. The fourth-order valence-electron chi connectivity index (χ4n) is 2.03. The predicted octanol–water partition coefficient (Wildman–Crippen LogP) is 0.329. The Hall–Kier alpha value is -1.69. The molecular formula is C13H16N2O4. The molecule has 0 aromatic heterocycles. The predicted molar refractivity (Wildman–Crippen MR) is 67.8 cm³/mol. The molecule has 0 spiro atoms. The van der Waals surface area contributed by atoms with Crippen molar-refractivity contribution in [3.8, 4) is 0 Å². The van der Waals surface area contributed by atoms with Crippen molar-refractivity contribution < 1.29 is 19.1 Å². The van der Waals surface area contributed by atoms with Gasteiger partial charge in [0.2, 0.25) is 5.91 Å². The van der Waals surface area contributed by atoms with Gasteiger partial charge in [-0.25, -0.2) is 0 Å². The maximum Gasteiger partial charge on any atom is 0.302 e. The number of hydrogen-bond acceptors (Lipinski definition) is 5. The van der Waals surface area contributed by atoms with Gasteiger partial charge in [0.05, 0.1) is 11.8 Å². The lowest BCUT2D eigenvalue weighted by Gasteiger charge is -2.18. The zero-order valence-corrected chi connectivity index (χ0v) is 10.7. The molecule has 2 aliphatic heterocycles. The Bertz CT molecular complexity index is 442. The second-order valence-electron chi connectivity index (χ2n) is 4.36. The molecule has 6 heteroatoms. The standard InChI is InChI=1S/C13H16N2O4/c1-8(16)18-7-9-4-5-11(19-9)12-10(13(14)17)3-2-6-15-12/h4-6,9,11H,2-3,7H2,1H3,(H2,14,17)/t9-,11-/m1/s1. The first kappa shape index (κ1) is 13.7. The number of rotatable bonds is 4. The van der Waals surface area contributed by atoms with Crippen LogP contribution in [-0.2, 0) is 19.1 Å². The summed E-state index contributed by atoms with van der Waals surface area (Å²) in [4.78, 5) is 26.3. The van der Waals surface area contributed by atoms with E-state index in [9.17, 15) is 9.59 Å². The summed E-state index contributed by atoms with van der Waals surface area (Å²) in [5.41, 5.74) is 6.40. The first-order valence-corrected chi connectivity index (χ1v) is 6.10. The summed E-state index contributed by atoms with van der Waals surface area (Å²) < 4.78 is 10.5. The fourth-order valence-corrected chi connectivity index (χ4v) is 2.03. The molecule has 1 fully saturated rings. The fraction of sp³-hybridized carbons (Fsp3) is 0.462. The van der Waals surface area contributed by atoms with Gasteiger partial charge in [0.1, 0.15) is 12.7 Å². The summed E-state index contributed by atoms with van der Waals surface area (Å²) in [5, 5.41) is 0. The number of nitrogens with zero attached hydrogens (tertiary/aromatic N) is 1. The number of esters is 1. The highest BCUT2D eigenvalue weighted by molar-refractivity contribution is 5.94. The van der Waals surface area contributed by atoms with Crippen LogP contribution in [0.1, 0.15) is 19.8 Å². The van der Waals surface area contributed by atoms with Crippen LogP contribution in [-0.4, -0.2) is 36.9 Å². The lowest BCUT2D eigenvalue weighted by molar-refractivity contribution is -0.144. The van der Waals surface area contributed by atoms with E-state index in [0.29, 0.717) is 24.1 Å². The Kier molecular flexibility index (Phi) is 4.31. The van der Waals surface area contributed by atoms with E-state index in [1.165, 1.54) is 6.92 Å². The first-order chi connectivity index (χ1) is 9.08. The molecule has 1 saturated heterocycles. The zero-order chi connectivity index (χ0) is 13.8. The molecule has 6 nitrogen and oxygen atoms in total. The van der Waals surface area contributed by atoms with Crippen LogP contribution >= 0.6 is 0 Å². The second-order valence-corrected chi connectivity index (χ2v) is 4.36. The highest BCUT2D eigenvalue weighted by Crippen LogP contribution is 2.29. The molecular weight excluding hydrogens is 248 g/mol. The Labute approximate surface area is 111 Å². The van der Waals surface area contributed by atoms with E-state index in [2.05, 4.69) is 4.99 Å². The van der Waals surface area contributed by atoms with Crippen molar-refractivity contribution in [2.45, 2.75) is 32.0 Å². The normalized spacial score (nSPS) is 26.6. The summed E-state index contributed by atoms with van der Waals surface area (Å²) in [6.07, 6.45) is 5.91. The highest BCUT2D eigenvalue weighted by Gasteiger charge is 2.32. The molecule has 0 bridgehead atoms. The smallest absolute Gasteiger partial charge is 0.302 e. The van der Waals surface area contributed by atoms with E-state index in [4.69, 9.17) is 15.2 Å². The van der Waals surface area contributed by atoms with Crippen molar-refractivity contribution in [1.29, 1.82) is 0 Å². The molecule has 2 heterocycles. The van der Waals surface area contributed by atoms with Crippen LogP contribution in [0, 0.1) is 12.8 Å². The Morgan fingerprint density at radius 1 is 1.53 bits per heavy atom. The quantitative estimate of drug-likeness (QED) is 0.741. The molecule has 102 valence electrons. The average molecular weight is 264 g/mol. The van der Waals surface area contributed by atoms with Crippen molar-refractivity contribution in [2.24, 2.45) is 10.7 Å². The number of aliphatic imine (C=N–C) groups is 1. The van der Waals surface area contributed by atoms with E-state index in [1.807, 2.05) is 0 Å². The van der Waals surface area contributed by atoms with Crippen molar-refractivity contribution in [2.75, 3.05) is 6.61 Å². The van der Waals surface area contributed by atoms with Gasteiger partial charge in [-0.15, -0.1) is 0 Å². The molecule has 0 aromatic carbocycles. The van der Waals surface area contributed by atoms with Gasteiger partial charge in [-0.05, 0) is 12.8 Å². The number of carbonyl (C=O) groups is 2. The van der Waals surface area contributed by atoms with E-state index in [0.717, 1.165) is 0 Å². The van der Waals surface area contributed by atoms with Crippen LogP contribution in [0.2, 0.25) is 0 Å². The summed E-state index contributed by atoms with van der Waals surface area (Å²) in [7, 11) is 0. The Morgan fingerprint density at radius 2 is 2.32 bits per heavy atom. The van der Waals surface area contributed by atoms with Crippen molar-refractivity contribution in [3.63, 3.8) is 0 Å². The van der Waals surface area contributed by atoms with Crippen molar-refractivity contribution in [1.82, 2.24) is 0 Å². The second kappa shape index (κ2) is 5.97. The van der Waals surface area contributed by atoms with Gasteiger partial charge >= 0.3 is 5.97 Å². The number of nitrogens with two attached hydrogens (primary N) is 1. The van der Waals surface area contributed by atoms with Crippen molar-refractivity contribution in [3.05, 3.63) is 24.1 Å². The molecule has 0 unspecified atom stereocenters. The Balaban J connectivity index is 2.01. The number of ether oxygens (including phenoxy) is 2. The number of amides is 1. The summed E-state index contributed by atoms with van der Waals surface area (Å²) >= 11 is 0. The summed E-state index contributed by atoms with van der Waals surface area (Å²) in [5.74, 6) is -0.819. The summed E-state index contributed by atoms with van der Waals surface area (Å²) in [6, 6.07) is 0. The minimum Gasteiger partial charge on any atom is -0.463 e. The van der Waals surface area contributed by atoms with Gasteiger partial charge in [0, 0.05) is 31.6 Å². The van der Waals surface area contributed by atoms with E-state index >= 15 is 0 Å². The largest absolute Gasteiger partial charge is 0.463 e. The van der Waals surface area contributed by atoms with E-state index in [1.54, 1.807) is 19.1 Å². The Morgan fingerprint density at radius 3 is 3.00 bits per heavy atom. The van der Waals surface area contributed by atoms with Gasteiger partial charge in [-0.3, -0.25) is 14.6 Å². The molecule has 0 aliphatic carbocycles. The SMILES string of the molecule is CC(=O)OC[C@H]1[CH][CH][C@H](C2=C(C(N)=O)CCC=N2)O1. The van der Waals surface area contributed by atoms with Gasteiger partial charge in [-0.2, -0.15) is 0 Å². The van der Waals surface area contributed by atoms with Crippen molar-refractivity contribution >= 4 is 18.1 Å². The van der Waals surface area contributed by atoms with Crippen LogP contribution in [0.15, 0.2) is 16.3 Å². The van der Waals surface area contributed by atoms with Crippen LogP contribution < -0.4 is 5.73 Å². The third-order valence-corrected chi connectivity index (χ3v) is 2.90. The molecule has 2 rings (SSSR count). The van der Waals surface area contributed by atoms with Crippen LogP contribution in [0.5, 0.6) is 0 Å². The van der Waals surface area contributed by atoms with Gasteiger partial charge < -0.3 is 15.2 Å². The number of hydrogen-bond donors (Lipinski definition) is 1. The lowest BCUT2D eigenvalue weighted by atomic mass is 10.0. The number of primary amides is 1. The van der Waals surface area contributed by atoms with Gasteiger partial charge in [-0.1, -0.05) is 0 Å². The summed E-state index contributed by atoms with van der Waals surface area (Å²) in [6.45, 7) is 1.50. The third kappa shape index (κ3) is 3.41. The molecule has 2 atom stereocenters. The lowest BCUT2D eigenvalue weighted by Crippen LogP contribution is -2.24. The molecule has 2 N–H and O–H groups in total. The topological polar surface area (TPSA) is 91.0 Å². The van der Waals surface area contributed by atoms with Crippen LogP contribution in [0.4, 0.5) is 0 Å². The van der Waals surface area contributed by atoms with Crippen LogP contribution in [0.3, 0.4) is 0 Å². The number of carbonyl (C=O) groups excluding carboxylic acids is 2. The average Bonchev–Trinajstić information content (AvgIpc) is 2.85. The van der Waals surface area contributed by atoms with E-state index in [-0.39, 0.29) is 18.7 Å². The van der Waals surface area contributed by atoms with Gasteiger partial charge in [0.25, 0.3) is 0 Å². The van der Waals surface area contributed by atoms with E-state index < -0.39 is 12.0 Å². The highest BCUT2D eigenvalue weighted by atomic mass is 16.6. The zero-order valence-electron chi connectivity index (χ0n) is 10.7. The molecule has 0 aromatic rings. The third-order valence-electron chi connectivity index (χ3n) is 2.90. The molecule has 19 heavy (non-hydrogen) atoms. The van der Waals surface area contributed by atoms with Crippen LogP contribution in [0.25, 0.3) is 0 Å². The molecule has 0 saturated carbocycles.